The van der Waals surface area contributed by atoms with Crippen LogP contribution in [0.2, 0.25) is 0 Å². The minimum absolute atomic E-state index is 0.102. The number of aliphatic hydroxyl groups excluding tert-OH is 1. The minimum Gasteiger partial charge on any atom is -0.445 e. The number of Topliss-reactive ketones (excluding diaryl/α,β-unsaturated/α-hetero) is 1. The summed E-state index contributed by atoms with van der Waals surface area (Å²) in [5.74, 6) is -0.361. The van der Waals surface area contributed by atoms with E-state index >= 15 is 0 Å². The van der Waals surface area contributed by atoms with E-state index < -0.39 is 18.7 Å². The van der Waals surface area contributed by atoms with Crippen LogP contribution in [0.15, 0.2) is 60.7 Å². The molecule has 0 aliphatic carbocycles. The summed E-state index contributed by atoms with van der Waals surface area (Å²) < 4.78 is 5.03. The second kappa shape index (κ2) is 7.95. The maximum Gasteiger partial charge on any atom is 0.408 e. The van der Waals surface area contributed by atoms with Crippen molar-refractivity contribution in [3.63, 3.8) is 0 Å². The molecule has 0 aliphatic heterocycles. The van der Waals surface area contributed by atoms with Gasteiger partial charge >= 0.3 is 6.09 Å². The Morgan fingerprint density at radius 3 is 2.18 bits per heavy atom. The van der Waals surface area contributed by atoms with Gasteiger partial charge in [0.1, 0.15) is 12.6 Å². The van der Waals surface area contributed by atoms with Gasteiger partial charge in [-0.25, -0.2) is 4.79 Å². The van der Waals surface area contributed by atoms with Gasteiger partial charge in [0, 0.05) is 5.56 Å². The van der Waals surface area contributed by atoms with Gasteiger partial charge in [-0.1, -0.05) is 60.7 Å². The molecule has 0 saturated carbocycles. The molecule has 0 saturated heterocycles. The Morgan fingerprint density at radius 2 is 1.59 bits per heavy atom. The van der Waals surface area contributed by atoms with E-state index in [1.807, 2.05) is 30.3 Å². The highest BCUT2D eigenvalue weighted by Gasteiger charge is 2.21. The second-order valence-electron chi connectivity index (χ2n) is 4.67. The number of ether oxygens (including phenoxy) is 1. The average molecular weight is 299 g/mol. The van der Waals surface area contributed by atoms with E-state index in [0.29, 0.717) is 5.56 Å². The third kappa shape index (κ3) is 4.43. The number of alkyl carbamates (subject to hydrolysis) is 1. The number of ketones is 1. The Morgan fingerprint density at radius 1 is 1.00 bits per heavy atom. The average Bonchev–Trinajstić information content (AvgIpc) is 2.59. The zero-order valence-corrected chi connectivity index (χ0v) is 11.9. The third-order valence-corrected chi connectivity index (χ3v) is 3.06. The van der Waals surface area contributed by atoms with Crippen LogP contribution in [-0.4, -0.2) is 29.6 Å². The van der Waals surface area contributed by atoms with Crippen molar-refractivity contribution in [3.8, 4) is 0 Å². The molecule has 0 spiro atoms. The fourth-order valence-corrected chi connectivity index (χ4v) is 1.90. The topological polar surface area (TPSA) is 75.6 Å². The summed E-state index contributed by atoms with van der Waals surface area (Å²) in [5, 5.41) is 11.7. The number of aliphatic hydroxyl groups is 1. The molecule has 1 unspecified atom stereocenters. The zero-order chi connectivity index (χ0) is 15.8. The lowest BCUT2D eigenvalue weighted by Gasteiger charge is -2.15. The van der Waals surface area contributed by atoms with Crippen LogP contribution in [0.5, 0.6) is 0 Å². The molecule has 114 valence electrons. The molecule has 5 nitrogen and oxygen atoms in total. The minimum atomic E-state index is -1.02. The van der Waals surface area contributed by atoms with Crippen molar-refractivity contribution in [1.29, 1.82) is 0 Å². The number of carbonyl (C=O) groups is 2. The van der Waals surface area contributed by atoms with E-state index in [9.17, 15) is 14.7 Å². The fourth-order valence-electron chi connectivity index (χ4n) is 1.90. The first kappa shape index (κ1) is 15.7. The smallest absolute Gasteiger partial charge is 0.408 e. The molecule has 0 aliphatic rings. The van der Waals surface area contributed by atoms with Crippen LogP contribution in [0.1, 0.15) is 15.9 Å². The molecule has 2 N–H and O–H groups in total. The first-order valence-electron chi connectivity index (χ1n) is 6.88. The molecule has 0 heterocycles. The van der Waals surface area contributed by atoms with Gasteiger partial charge in [0.2, 0.25) is 0 Å². The number of amides is 1. The van der Waals surface area contributed by atoms with Crippen LogP contribution in [-0.2, 0) is 11.3 Å². The molecule has 0 bridgehead atoms. The predicted octanol–water partition coefficient (Wildman–Crippen LogP) is 2.16. The number of nitrogens with one attached hydrogen (secondary N) is 1. The van der Waals surface area contributed by atoms with E-state index in [1.54, 1.807) is 30.3 Å². The van der Waals surface area contributed by atoms with Crippen LogP contribution in [0.25, 0.3) is 0 Å². The molecule has 1 atom stereocenters. The summed E-state index contributed by atoms with van der Waals surface area (Å²) in [4.78, 5) is 23.9. The summed E-state index contributed by atoms with van der Waals surface area (Å²) >= 11 is 0. The molecule has 0 aromatic heterocycles. The quantitative estimate of drug-likeness (QED) is 0.801. The number of benzene rings is 2. The number of hydrogen-bond acceptors (Lipinski definition) is 4. The van der Waals surface area contributed by atoms with Crippen molar-refractivity contribution >= 4 is 11.9 Å². The fraction of sp³-hybridized carbons (Fsp3) is 0.176. The van der Waals surface area contributed by atoms with E-state index in [0.717, 1.165) is 5.56 Å². The van der Waals surface area contributed by atoms with Crippen LogP contribution < -0.4 is 5.32 Å². The first-order chi connectivity index (χ1) is 10.7. The van der Waals surface area contributed by atoms with E-state index in [-0.39, 0.29) is 12.4 Å². The van der Waals surface area contributed by atoms with Gasteiger partial charge in [-0.05, 0) is 5.56 Å². The molecule has 2 aromatic rings. The summed E-state index contributed by atoms with van der Waals surface area (Å²) in [6.45, 7) is -0.390. The largest absolute Gasteiger partial charge is 0.445 e. The summed E-state index contributed by atoms with van der Waals surface area (Å²) in [6, 6.07) is 16.6. The highest BCUT2D eigenvalue weighted by molar-refractivity contribution is 6.01. The van der Waals surface area contributed by atoms with Gasteiger partial charge in [0.25, 0.3) is 0 Å². The summed E-state index contributed by atoms with van der Waals surface area (Å²) in [5.41, 5.74) is 1.26. The Balaban J connectivity index is 1.89. The Kier molecular flexibility index (Phi) is 5.68. The molecular weight excluding hydrogens is 282 g/mol. The normalized spacial score (nSPS) is 11.5. The van der Waals surface area contributed by atoms with Crippen molar-refractivity contribution in [2.24, 2.45) is 0 Å². The Hall–Kier alpha value is -2.66. The third-order valence-electron chi connectivity index (χ3n) is 3.06. The lowest BCUT2D eigenvalue weighted by molar-refractivity contribution is 0.0864. The van der Waals surface area contributed by atoms with Gasteiger partial charge in [-0.15, -0.1) is 0 Å². The highest BCUT2D eigenvalue weighted by Crippen LogP contribution is 2.05. The molecule has 1 amide bonds. The summed E-state index contributed by atoms with van der Waals surface area (Å²) in [7, 11) is 0. The van der Waals surface area contributed by atoms with E-state index in [1.165, 1.54) is 0 Å². The molecule has 22 heavy (non-hydrogen) atoms. The predicted molar refractivity (Wildman–Crippen MR) is 81.4 cm³/mol. The van der Waals surface area contributed by atoms with Crippen molar-refractivity contribution < 1.29 is 19.4 Å². The first-order valence-corrected chi connectivity index (χ1v) is 6.88. The van der Waals surface area contributed by atoms with Crippen LogP contribution in [0.3, 0.4) is 0 Å². The number of rotatable bonds is 6. The molecule has 2 rings (SSSR count). The molecule has 2 aromatic carbocycles. The Bertz CT molecular complexity index is 613. The molecule has 0 radical (unpaired) electrons. The second-order valence-corrected chi connectivity index (χ2v) is 4.67. The van der Waals surface area contributed by atoms with E-state index in [4.69, 9.17) is 4.74 Å². The SMILES string of the molecule is O=C(NC(CO)C(=O)c1ccccc1)OCc1ccccc1. The van der Waals surface area contributed by atoms with Crippen molar-refractivity contribution in [3.05, 3.63) is 71.8 Å². The Labute approximate surface area is 128 Å². The van der Waals surface area contributed by atoms with Crippen molar-refractivity contribution in [2.75, 3.05) is 6.61 Å². The molecule has 5 heteroatoms. The molecule has 0 fully saturated rings. The van der Waals surface area contributed by atoms with Gasteiger partial charge in [-0.2, -0.15) is 0 Å². The van der Waals surface area contributed by atoms with Gasteiger partial charge in [0.05, 0.1) is 6.61 Å². The molecular formula is C17H17NO4. The lowest BCUT2D eigenvalue weighted by atomic mass is 10.1. The van der Waals surface area contributed by atoms with Gasteiger partial charge in [0.15, 0.2) is 5.78 Å². The van der Waals surface area contributed by atoms with E-state index in [2.05, 4.69) is 5.32 Å². The monoisotopic (exact) mass is 299 g/mol. The van der Waals surface area contributed by atoms with Crippen LogP contribution >= 0.6 is 0 Å². The number of carbonyl (C=O) groups excluding carboxylic acids is 2. The van der Waals surface area contributed by atoms with Crippen LogP contribution in [0, 0.1) is 0 Å². The maximum atomic E-state index is 12.2. The zero-order valence-electron chi connectivity index (χ0n) is 11.9. The summed E-state index contributed by atoms with van der Waals surface area (Å²) in [6.07, 6.45) is -0.743. The standard InChI is InChI=1S/C17H17NO4/c19-11-15(16(20)14-9-5-2-6-10-14)18-17(21)22-12-13-7-3-1-4-8-13/h1-10,15,19H,11-12H2,(H,18,21). The van der Waals surface area contributed by atoms with Crippen molar-refractivity contribution in [2.45, 2.75) is 12.6 Å². The number of hydrogen-bond donors (Lipinski definition) is 2. The highest BCUT2D eigenvalue weighted by atomic mass is 16.5. The van der Waals surface area contributed by atoms with Gasteiger partial charge < -0.3 is 15.2 Å². The maximum absolute atomic E-state index is 12.2. The van der Waals surface area contributed by atoms with Gasteiger partial charge in [-0.3, -0.25) is 4.79 Å². The lowest BCUT2D eigenvalue weighted by Crippen LogP contribution is -2.43. The van der Waals surface area contributed by atoms with Crippen molar-refractivity contribution in [1.82, 2.24) is 5.32 Å². The van der Waals surface area contributed by atoms with Crippen LogP contribution in [0.4, 0.5) is 4.79 Å².